The van der Waals surface area contributed by atoms with E-state index in [0.29, 0.717) is 19.1 Å². The minimum absolute atomic E-state index is 0.00874. The third kappa shape index (κ3) is 7.84. The zero-order chi connectivity index (χ0) is 21.9. The van der Waals surface area contributed by atoms with E-state index in [2.05, 4.69) is 10.6 Å². The molecule has 0 saturated heterocycles. The van der Waals surface area contributed by atoms with Gasteiger partial charge in [0.25, 0.3) is 0 Å². The fourth-order valence-corrected chi connectivity index (χ4v) is 4.60. The second kappa shape index (κ2) is 12.7. The van der Waals surface area contributed by atoms with E-state index in [0.717, 1.165) is 37.0 Å². The van der Waals surface area contributed by atoms with Crippen molar-refractivity contribution in [2.45, 2.75) is 76.8 Å². The standard InChI is InChI=1S/C25H38N2O4/c1-30-22-14-12-19(13-15-22)16-26-25(29)23(18-31-17-20-8-4-2-5-9-20)27-24(28)21-10-6-3-7-11-21/h12-15,20-21,23H,2-11,16-18H2,1H3,(H,26,29)(H,27,28)/t23-/m0/s1. The summed E-state index contributed by atoms with van der Waals surface area (Å²) in [6.45, 7) is 1.30. The predicted octanol–water partition coefficient (Wildman–Crippen LogP) is 3.97. The van der Waals surface area contributed by atoms with E-state index in [1.165, 1.54) is 38.5 Å². The molecule has 2 aliphatic rings. The molecule has 2 N–H and O–H groups in total. The maximum atomic E-state index is 12.9. The van der Waals surface area contributed by atoms with Gasteiger partial charge in [-0.3, -0.25) is 9.59 Å². The van der Waals surface area contributed by atoms with E-state index >= 15 is 0 Å². The monoisotopic (exact) mass is 430 g/mol. The topological polar surface area (TPSA) is 76.7 Å². The Morgan fingerprint density at radius 2 is 1.61 bits per heavy atom. The molecule has 0 radical (unpaired) electrons. The lowest BCUT2D eigenvalue weighted by Crippen LogP contribution is -2.51. The average molecular weight is 431 g/mol. The van der Waals surface area contributed by atoms with Gasteiger partial charge in [0.05, 0.1) is 13.7 Å². The van der Waals surface area contributed by atoms with Gasteiger partial charge in [-0.1, -0.05) is 50.7 Å². The van der Waals surface area contributed by atoms with Crippen LogP contribution in [0.4, 0.5) is 0 Å². The first-order chi connectivity index (χ1) is 15.2. The van der Waals surface area contributed by atoms with Crippen LogP contribution in [0.15, 0.2) is 24.3 Å². The van der Waals surface area contributed by atoms with E-state index in [1.807, 2.05) is 24.3 Å². The number of benzene rings is 1. The third-order valence-corrected chi connectivity index (χ3v) is 6.60. The van der Waals surface area contributed by atoms with Gasteiger partial charge in [-0.2, -0.15) is 0 Å². The highest BCUT2D eigenvalue weighted by atomic mass is 16.5. The Morgan fingerprint density at radius 3 is 2.26 bits per heavy atom. The van der Waals surface area contributed by atoms with Crippen molar-refractivity contribution in [3.05, 3.63) is 29.8 Å². The van der Waals surface area contributed by atoms with Crippen LogP contribution in [-0.4, -0.2) is 38.2 Å². The fraction of sp³-hybridized carbons (Fsp3) is 0.680. The summed E-state index contributed by atoms with van der Waals surface area (Å²) in [4.78, 5) is 25.7. The average Bonchev–Trinajstić information content (AvgIpc) is 2.83. The van der Waals surface area contributed by atoms with Gasteiger partial charge in [0.15, 0.2) is 0 Å². The van der Waals surface area contributed by atoms with Crippen LogP contribution in [0.1, 0.15) is 69.8 Å². The summed E-state index contributed by atoms with van der Waals surface area (Å²) < 4.78 is 11.1. The quantitative estimate of drug-likeness (QED) is 0.589. The number of carbonyl (C=O) groups is 2. The van der Waals surface area contributed by atoms with Crippen molar-refractivity contribution in [3.8, 4) is 5.75 Å². The zero-order valence-corrected chi connectivity index (χ0v) is 18.9. The van der Waals surface area contributed by atoms with Crippen LogP contribution < -0.4 is 15.4 Å². The van der Waals surface area contributed by atoms with Crippen molar-refractivity contribution in [2.75, 3.05) is 20.3 Å². The SMILES string of the molecule is COc1ccc(CNC(=O)[C@H](COCC2CCCCC2)NC(=O)C2CCCCC2)cc1. The molecule has 3 rings (SSSR count). The second-order valence-corrected chi connectivity index (χ2v) is 9.00. The molecule has 0 bridgehead atoms. The summed E-state index contributed by atoms with van der Waals surface area (Å²) >= 11 is 0. The summed E-state index contributed by atoms with van der Waals surface area (Å²) in [7, 11) is 1.63. The van der Waals surface area contributed by atoms with Crippen LogP contribution in [-0.2, 0) is 20.9 Å². The van der Waals surface area contributed by atoms with E-state index < -0.39 is 6.04 Å². The van der Waals surface area contributed by atoms with Crippen LogP contribution in [0.25, 0.3) is 0 Å². The number of carbonyl (C=O) groups excluding carboxylic acids is 2. The highest BCUT2D eigenvalue weighted by Gasteiger charge is 2.27. The molecular weight excluding hydrogens is 392 g/mol. The molecule has 6 nitrogen and oxygen atoms in total. The van der Waals surface area contributed by atoms with Crippen molar-refractivity contribution in [3.63, 3.8) is 0 Å². The molecule has 2 aliphatic carbocycles. The lowest BCUT2D eigenvalue weighted by atomic mass is 9.88. The van der Waals surface area contributed by atoms with Crippen molar-refractivity contribution in [1.82, 2.24) is 10.6 Å². The van der Waals surface area contributed by atoms with E-state index in [9.17, 15) is 9.59 Å². The Balaban J connectivity index is 1.52. The minimum atomic E-state index is -0.656. The van der Waals surface area contributed by atoms with Crippen molar-refractivity contribution < 1.29 is 19.1 Å². The van der Waals surface area contributed by atoms with Gasteiger partial charge in [0.2, 0.25) is 11.8 Å². The van der Waals surface area contributed by atoms with Crippen molar-refractivity contribution in [1.29, 1.82) is 0 Å². The van der Waals surface area contributed by atoms with Crippen molar-refractivity contribution >= 4 is 11.8 Å². The zero-order valence-electron chi connectivity index (χ0n) is 18.9. The number of nitrogens with one attached hydrogen (secondary N) is 2. The molecule has 2 saturated carbocycles. The van der Waals surface area contributed by atoms with Gasteiger partial charge in [-0.15, -0.1) is 0 Å². The molecule has 31 heavy (non-hydrogen) atoms. The first kappa shape index (κ1) is 23.6. The van der Waals surface area contributed by atoms with Crippen LogP contribution >= 0.6 is 0 Å². The number of rotatable bonds is 10. The molecule has 0 aliphatic heterocycles. The third-order valence-electron chi connectivity index (χ3n) is 6.60. The van der Waals surface area contributed by atoms with Crippen LogP contribution in [0.2, 0.25) is 0 Å². The molecule has 2 amide bonds. The maximum absolute atomic E-state index is 12.9. The Morgan fingerprint density at radius 1 is 0.968 bits per heavy atom. The second-order valence-electron chi connectivity index (χ2n) is 9.00. The smallest absolute Gasteiger partial charge is 0.245 e. The van der Waals surface area contributed by atoms with Gasteiger partial charge in [-0.25, -0.2) is 0 Å². The van der Waals surface area contributed by atoms with Crippen LogP contribution in [0.5, 0.6) is 5.75 Å². The number of hydrogen-bond acceptors (Lipinski definition) is 4. The molecule has 0 heterocycles. The lowest BCUT2D eigenvalue weighted by Gasteiger charge is -2.26. The number of amides is 2. The number of ether oxygens (including phenoxy) is 2. The summed E-state index contributed by atoms with van der Waals surface area (Å²) in [5.41, 5.74) is 0.981. The molecule has 1 aromatic carbocycles. The Bertz CT molecular complexity index is 679. The Hall–Kier alpha value is -2.08. The molecule has 1 atom stereocenters. The fourth-order valence-electron chi connectivity index (χ4n) is 4.60. The summed E-state index contributed by atoms with van der Waals surface area (Å²) in [5.74, 6) is 1.17. The Kier molecular flexibility index (Phi) is 9.66. The summed E-state index contributed by atoms with van der Waals surface area (Å²) in [6, 6.07) is 6.94. The molecule has 1 aromatic rings. The van der Waals surface area contributed by atoms with Crippen LogP contribution in [0, 0.1) is 11.8 Å². The molecule has 172 valence electrons. The van der Waals surface area contributed by atoms with Gasteiger partial charge < -0.3 is 20.1 Å². The Labute approximate surface area is 186 Å². The van der Waals surface area contributed by atoms with Crippen LogP contribution in [0.3, 0.4) is 0 Å². The van der Waals surface area contributed by atoms with Gasteiger partial charge in [0, 0.05) is 19.1 Å². The molecule has 0 unspecified atom stereocenters. The summed E-state index contributed by atoms with van der Waals surface area (Å²) in [6.07, 6.45) is 11.4. The summed E-state index contributed by atoms with van der Waals surface area (Å²) in [5, 5.41) is 5.94. The molecule has 0 aromatic heterocycles. The molecule has 2 fully saturated rings. The number of hydrogen-bond donors (Lipinski definition) is 2. The van der Waals surface area contributed by atoms with E-state index in [1.54, 1.807) is 7.11 Å². The number of methoxy groups -OCH3 is 1. The normalized spacial score (nSPS) is 18.9. The van der Waals surface area contributed by atoms with Crippen molar-refractivity contribution in [2.24, 2.45) is 11.8 Å². The van der Waals surface area contributed by atoms with E-state index in [4.69, 9.17) is 9.47 Å². The highest BCUT2D eigenvalue weighted by molar-refractivity contribution is 5.88. The largest absolute Gasteiger partial charge is 0.497 e. The van der Waals surface area contributed by atoms with Gasteiger partial charge in [0.1, 0.15) is 11.8 Å². The molecular formula is C25H38N2O4. The van der Waals surface area contributed by atoms with Gasteiger partial charge >= 0.3 is 0 Å². The van der Waals surface area contributed by atoms with E-state index in [-0.39, 0.29) is 24.3 Å². The highest BCUT2D eigenvalue weighted by Crippen LogP contribution is 2.25. The molecule has 0 spiro atoms. The first-order valence-electron chi connectivity index (χ1n) is 11.9. The minimum Gasteiger partial charge on any atom is -0.497 e. The lowest BCUT2D eigenvalue weighted by molar-refractivity contribution is -0.133. The first-order valence-corrected chi connectivity index (χ1v) is 11.9. The predicted molar refractivity (Wildman–Crippen MR) is 121 cm³/mol. The van der Waals surface area contributed by atoms with Gasteiger partial charge in [-0.05, 0) is 49.3 Å². The molecule has 6 heteroatoms. The maximum Gasteiger partial charge on any atom is 0.245 e.